The van der Waals surface area contributed by atoms with Gasteiger partial charge in [0.25, 0.3) is 0 Å². The molecular weight excluding hydrogens is 272 g/mol. The average Bonchev–Trinajstić information content (AvgIpc) is 2.38. The van der Waals surface area contributed by atoms with Crippen LogP contribution in [-0.2, 0) is 4.74 Å². The van der Waals surface area contributed by atoms with E-state index < -0.39 is 0 Å². The van der Waals surface area contributed by atoms with Gasteiger partial charge in [-0.05, 0) is 42.5 Å². The van der Waals surface area contributed by atoms with E-state index in [1.165, 1.54) is 11.1 Å². The molecule has 0 bridgehead atoms. The van der Waals surface area contributed by atoms with Crippen LogP contribution in [0.5, 0.6) is 5.75 Å². The molecule has 1 aliphatic carbocycles. The molecule has 3 atom stereocenters. The quantitative estimate of drug-likeness (QED) is 0.710. The lowest BCUT2D eigenvalue weighted by Gasteiger charge is -2.40. The Labute approximate surface area is 127 Å². The minimum Gasteiger partial charge on any atom is -0.488 e. The third kappa shape index (κ3) is 3.48. The smallest absolute Gasteiger partial charge is 0.128 e. The van der Waals surface area contributed by atoms with Crippen LogP contribution in [0.1, 0.15) is 50.7 Å². The van der Waals surface area contributed by atoms with Crippen molar-refractivity contribution in [2.45, 2.75) is 64.0 Å². The fourth-order valence-electron chi connectivity index (χ4n) is 2.65. The zero-order chi connectivity index (χ0) is 14.7. The summed E-state index contributed by atoms with van der Waals surface area (Å²) in [4.78, 5) is 0. The molecule has 1 aromatic carbocycles. The van der Waals surface area contributed by atoms with Crippen LogP contribution in [-0.4, -0.2) is 24.2 Å². The molecule has 0 saturated heterocycles. The van der Waals surface area contributed by atoms with Crippen LogP contribution in [0.25, 0.3) is 0 Å². The number of alkyl halides is 1. The van der Waals surface area contributed by atoms with Crippen molar-refractivity contribution in [3.05, 3.63) is 29.3 Å². The van der Waals surface area contributed by atoms with E-state index in [2.05, 4.69) is 45.9 Å². The van der Waals surface area contributed by atoms with Gasteiger partial charge in [0.05, 0.1) is 5.38 Å². The van der Waals surface area contributed by atoms with Gasteiger partial charge in [0.1, 0.15) is 18.0 Å². The SMILES string of the molecule is CCCOC1C(Cl)CC1Oc1ccc(C(C)C)c(C)c1. The molecule has 0 amide bonds. The van der Waals surface area contributed by atoms with Gasteiger partial charge < -0.3 is 9.47 Å². The molecule has 0 aromatic heterocycles. The van der Waals surface area contributed by atoms with E-state index in [4.69, 9.17) is 21.1 Å². The summed E-state index contributed by atoms with van der Waals surface area (Å²) in [6, 6.07) is 6.34. The van der Waals surface area contributed by atoms with E-state index in [0.717, 1.165) is 25.2 Å². The normalized spacial score (nSPS) is 25.6. The third-order valence-electron chi connectivity index (χ3n) is 3.85. The van der Waals surface area contributed by atoms with E-state index in [1.807, 2.05) is 0 Å². The Morgan fingerprint density at radius 3 is 2.65 bits per heavy atom. The number of hydrogen-bond donors (Lipinski definition) is 0. The van der Waals surface area contributed by atoms with Gasteiger partial charge in [-0.15, -0.1) is 11.6 Å². The van der Waals surface area contributed by atoms with Gasteiger partial charge in [0.2, 0.25) is 0 Å². The van der Waals surface area contributed by atoms with Crippen LogP contribution in [0, 0.1) is 6.92 Å². The second kappa shape index (κ2) is 6.82. The largest absolute Gasteiger partial charge is 0.488 e. The Kier molecular flexibility index (Phi) is 5.34. The lowest BCUT2D eigenvalue weighted by atomic mass is 9.90. The fourth-order valence-corrected chi connectivity index (χ4v) is 3.06. The lowest BCUT2D eigenvalue weighted by Crippen LogP contribution is -2.52. The minimum atomic E-state index is 0.0294. The topological polar surface area (TPSA) is 18.5 Å². The van der Waals surface area contributed by atoms with Crippen LogP contribution in [0.2, 0.25) is 0 Å². The zero-order valence-corrected chi connectivity index (χ0v) is 13.6. The molecule has 1 saturated carbocycles. The average molecular weight is 297 g/mol. The molecule has 2 nitrogen and oxygen atoms in total. The van der Waals surface area contributed by atoms with Crippen molar-refractivity contribution in [3.8, 4) is 5.75 Å². The Morgan fingerprint density at radius 2 is 2.10 bits per heavy atom. The van der Waals surface area contributed by atoms with Crippen LogP contribution in [0.15, 0.2) is 18.2 Å². The number of ether oxygens (including phenoxy) is 2. The first kappa shape index (κ1) is 15.7. The molecule has 112 valence electrons. The summed E-state index contributed by atoms with van der Waals surface area (Å²) in [5, 5.41) is 0.0857. The van der Waals surface area contributed by atoms with Crippen molar-refractivity contribution in [3.63, 3.8) is 0 Å². The molecule has 1 aromatic rings. The van der Waals surface area contributed by atoms with Crippen molar-refractivity contribution in [1.82, 2.24) is 0 Å². The maximum absolute atomic E-state index is 6.20. The van der Waals surface area contributed by atoms with Crippen molar-refractivity contribution >= 4 is 11.6 Å². The summed E-state index contributed by atoms with van der Waals surface area (Å²) in [7, 11) is 0. The maximum atomic E-state index is 6.20. The van der Waals surface area contributed by atoms with E-state index >= 15 is 0 Å². The third-order valence-corrected chi connectivity index (χ3v) is 4.27. The number of hydrogen-bond acceptors (Lipinski definition) is 2. The highest BCUT2D eigenvalue weighted by Gasteiger charge is 2.42. The second-order valence-electron chi connectivity index (χ2n) is 5.92. The molecule has 3 unspecified atom stereocenters. The summed E-state index contributed by atoms with van der Waals surface area (Å²) in [6.07, 6.45) is 1.99. The molecule has 20 heavy (non-hydrogen) atoms. The highest BCUT2D eigenvalue weighted by Crippen LogP contribution is 2.34. The highest BCUT2D eigenvalue weighted by atomic mass is 35.5. The summed E-state index contributed by atoms with van der Waals surface area (Å²) in [5.74, 6) is 1.46. The Balaban J connectivity index is 1.98. The van der Waals surface area contributed by atoms with Crippen LogP contribution in [0.4, 0.5) is 0 Å². The number of halogens is 1. The Hall–Kier alpha value is -0.730. The van der Waals surface area contributed by atoms with E-state index in [9.17, 15) is 0 Å². The monoisotopic (exact) mass is 296 g/mol. The van der Waals surface area contributed by atoms with Crippen molar-refractivity contribution in [2.75, 3.05) is 6.61 Å². The zero-order valence-electron chi connectivity index (χ0n) is 12.9. The molecule has 1 fully saturated rings. The van der Waals surface area contributed by atoms with Crippen molar-refractivity contribution < 1.29 is 9.47 Å². The fraction of sp³-hybridized carbons (Fsp3) is 0.647. The minimum absolute atomic E-state index is 0.0294. The van der Waals surface area contributed by atoms with Gasteiger partial charge in [0, 0.05) is 13.0 Å². The van der Waals surface area contributed by atoms with Crippen LogP contribution in [0.3, 0.4) is 0 Å². The molecule has 0 spiro atoms. The second-order valence-corrected chi connectivity index (χ2v) is 6.48. The first-order valence-electron chi connectivity index (χ1n) is 7.55. The van der Waals surface area contributed by atoms with Crippen molar-refractivity contribution in [1.29, 1.82) is 0 Å². The summed E-state index contributed by atoms with van der Waals surface area (Å²) in [6.45, 7) is 9.41. The van der Waals surface area contributed by atoms with E-state index in [0.29, 0.717) is 5.92 Å². The molecule has 3 heteroatoms. The molecule has 0 radical (unpaired) electrons. The van der Waals surface area contributed by atoms with Gasteiger partial charge in [0.15, 0.2) is 0 Å². The van der Waals surface area contributed by atoms with E-state index in [1.54, 1.807) is 0 Å². The Morgan fingerprint density at radius 1 is 1.35 bits per heavy atom. The van der Waals surface area contributed by atoms with Crippen LogP contribution >= 0.6 is 11.6 Å². The van der Waals surface area contributed by atoms with Crippen LogP contribution < -0.4 is 4.74 Å². The molecule has 0 N–H and O–H groups in total. The maximum Gasteiger partial charge on any atom is 0.128 e. The van der Waals surface area contributed by atoms with Crippen molar-refractivity contribution in [2.24, 2.45) is 0 Å². The van der Waals surface area contributed by atoms with E-state index in [-0.39, 0.29) is 17.6 Å². The summed E-state index contributed by atoms with van der Waals surface area (Å²) < 4.78 is 11.8. The highest BCUT2D eigenvalue weighted by molar-refractivity contribution is 6.21. The lowest BCUT2D eigenvalue weighted by molar-refractivity contribution is -0.0797. The van der Waals surface area contributed by atoms with Gasteiger partial charge in [-0.2, -0.15) is 0 Å². The summed E-state index contributed by atoms with van der Waals surface area (Å²) in [5.41, 5.74) is 2.66. The summed E-state index contributed by atoms with van der Waals surface area (Å²) >= 11 is 6.20. The first-order valence-corrected chi connectivity index (χ1v) is 7.99. The standard InChI is InChI=1S/C17H25ClO2/c1-5-8-19-17-15(18)10-16(17)20-13-6-7-14(11(2)3)12(4)9-13/h6-7,9,11,15-17H,5,8,10H2,1-4H3. The predicted octanol–water partition coefficient (Wildman–Crippen LogP) is 4.67. The van der Waals surface area contributed by atoms with Gasteiger partial charge in [-0.25, -0.2) is 0 Å². The van der Waals surface area contributed by atoms with Gasteiger partial charge in [-0.1, -0.05) is 26.8 Å². The molecule has 0 aliphatic heterocycles. The predicted molar refractivity (Wildman–Crippen MR) is 84.0 cm³/mol. The molecule has 1 aliphatic rings. The molecular formula is C17H25ClO2. The number of aryl methyl sites for hydroxylation is 1. The van der Waals surface area contributed by atoms with Gasteiger partial charge in [-0.3, -0.25) is 0 Å². The first-order chi connectivity index (χ1) is 9.52. The number of benzene rings is 1. The molecule has 2 rings (SSSR count). The van der Waals surface area contributed by atoms with Gasteiger partial charge >= 0.3 is 0 Å². The molecule has 0 heterocycles. The number of rotatable bonds is 6. The Bertz CT molecular complexity index is 445.